The fourth-order valence-electron chi connectivity index (χ4n) is 2.23. The van der Waals surface area contributed by atoms with Crippen LogP contribution in [0.4, 0.5) is 0 Å². The van der Waals surface area contributed by atoms with E-state index in [1.807, 2.05) is 30.5 Å². The summed E-state index contributed by atoms with van der Waals surface area (Å²) in [6, 6.07) is 12.0. The molecule has 22 heavy (non-hydrogen) atoms. The Morgan fingerprint density at radius 1 is 1.18 bits per heavy atom. The number of thiophene rings is 1. The molecule has 0 saturated heterocycles. The fraction of sp³-hybridized carbons (Fsp3) is 0.188. The van der Waals surface area contributed by atoms with Gasteiger partial charge in [0.05, 0.1) is 15.7 Å². The van der Waals surface area contributed by atoms with E-state index in [0.717, 1.165) is 41.4 Å². The lowest BCUT2D eigenvalue weighted by atomic mass is 10.1. The summed E-state index contributed by atoms with van der Waals surface area (Å²) in [6.07, 6.45) is 2.91. The Morgan fingerprint density at radius 2 is 2.00 bits per heavy atom. The summed E-state index contributed by atoms with van der Waals surface area (Å²) in [5, 5.41) is 11.4. The summed E-state index contributed by atoms with van der Waals surface area (Å²) >= 11 is 11.2. The summed E-state index contributed by atoms with van der Waals surface area (Å²) in [7, 11) is 0. The van der Waals surface area contributed by atoms with Gasteiger partial charge in [-0.1, -0.05) is 23.7 Å². The van der Waals surface area contributed by atoms with Crippen LogP contribution < -0.4 is 5.32 Å². The number of hydrogen-bond donors (Lipinski definition) is 2. The van der Waals surface area contributed by atoms with E-state index in [1.54, 1.807) is 11.3 Å². The first kappa shape index (κ1) is 15.7. The Bertz CT molecular complexity index is 736. The third kappa shape index (κ3) is 3.98. The highest BCUT2D eigenvalue weighted by Gasteiger charge is 2.07. The van der Waals surface area contributed by atoms with Gasteiger partial charge in [-0.25, -0.2) is 0 Å². The van der Waals surface area contributed by atoms with Crippen LogP contribution in [-0.2, 0) is 13.0 Å². The molecular formula is C16H15BrClN3S. The molecule has 0 amide bonds. The first-order valence-corrected chi connectivity index (χ1v) is 8.94. The van der Waals surface area contributed by atoms with E-state index < -0.39 is 0 Å². The maximum atomic E-state index is 5.93. The first-order valence-electron chi connectivity index (χ1n) is 6.95. The third-order valence-corrected chi connectivity index (χ3v) is 5.28. The van der Waals surface area contributed by atoms with Crippen molar-refractivity contribution in [3.05, 3.63) is 61.8 Å². The predicted octanol–water partition coefficient (Wildman–Crippen LogP) is 4.89. The number of halogens is 2. The highest BCUT2D eigenvalue weighted by atomic mass is 79.9. The van der Waals surface area contributed by atoms with Crippen molar-refractivity contribution in [1.29, 1.82) is 0 Å². The summed E-state index contributed by atoms with van der Waals surface area (Å²) in [5.41, 5.74) is 3.30. The molecule has 0 spiro atoms. The number of nitrogens with one attached hydrogen (secondary N) is 2. The van der Waals surface area contributed by atoms with E-state index in [9.17, 15) is 0 Å². The second-order valence-corrected chi connectivity index (χ2v) is 7.89. The van der Waals surface area contributed by atoms with Crippen molar-refractivity contribution < 1.29 is 0 Å². The molecule has 2 aromatic heterocycles. The standard InChI is InChI=1S/C16H15BrClN3S/c17-15-6-5-14(22-15)7-8-19-9-12-10-20-21-16(12)11-1-3-13(18)4-2-11/h1-6,10,19H,7-9H2,(H,20,21). The Kier molecular flexibility index (Phi) is 5.31. The fourth-order valence-corrected chi connectivity index (χ4v) is 3.84. The Balaban J connectivity index is 1.57. The average Bonchev–Trinajstić information content (AvgIpc) is 3.13. The van der Waals surface area contributed by atoms with Crippen molar-refractivity contribution in [2.24, 2.45) is 0 Å². The van der Waals surface area contributed by atoms with Crippen molar-refractivity contribution in [3.63, 3.8) is 0 Å². The quantitative estimate of drug-likeness (QED) is 0.583. The van der Waals surface area contributed by atoms with E-state index in [4.69, 9.17) is 11.6 Å². The van der Waals surface area contributed by atoms with Gasteiger partial charge in [0, 0.05) is 28.6 Å². The summed E-state index contributed by atoms with van der Waals surface area (Å²) in [6.45, 7) is 1.74. The molecule has 0 bridgehead atoms. The highest BCUT2D eigenvalue weighted by Crippen LogP contribution is 2.23. The Morgan fingerprint density at radius 3 is 2.73 bits per heavy atom. The molecule has 2 heterocycles. The second kappa shape index (κ2) is 7.42. The van der Waals surface area contributed by atoms with Crippen molar-refractivity contribution in [2.45, 2.75) is 13.0 Å². The SMILES string of the molecule is Clc1ccc(-c2[nH]ncc2CNCCc2ccc(Br)s2)cc1. The number of aromatic nitrogens is 2. The molecule has 1 aromatic carbocycles. The normalized spacial score (nSPS) is 11.0. The topological polar surface area (TPSA) is 40.7 Å². The van der Waals surface area contributed by atoms with Crippen molar-refractivity contribution in [2.75, 3.05) is 6.54 Å². The monoisotopic (exact) mass is 395 g/mol. The Hall–Kier alpha value is -1.14. The van der Waals surface area contributed by atoms with Gasteiger partial charge < -0.3 is 5.32 Å². The van der Waals surface area contributed by atoms with Crippen molar-refractivity contribution >= 4 is 38.9 Å². The average molecular weight is 397 g/mol. The van der Waals surface area contributed by atoms with Crippen LogP contribution in [-0.4, -0.2) is 16.7 Å². The van der Waals surface area contributed by atoms with E-state index in [0.29, 0.717) is 0 Å². The number of hydrogen-bond acceptors (Lipinski definition) is 3. The molecule has 2 N–H and O–H groups in total. The van der Waals surface area contributed by atoms with Crippen molar-refractivity contribution in [1.82, 2.24) is 15.5 Å². The van der Waals surface area contributed by atoms with Gasteiger partial charge in [-0.3, -0.25) is 5.10 Å². The van der Waals surface area contributed by atoms with Crippen LogP contribution in [0.15, 0.2) is 46.4 Å². The molecule has 6 heteroatoms. The summed E-state index contributed by atoms with van der Waals surface area (Å²) in [5.74, 6) is 0. The van der Waals surface area contributed by atoms with Gasteiger partial charge in [0.1, 0.15) is 0 Å². The molecule has 0 radical (unpaired) electrons. The van der Waals surface area contributed by atoms with Gasteiger partial charge in [0.15, 0.2) is 0 Å². The highest BCUT2D eigenvalue weighted by molar-refractivity contribution is 9.11. The van der Waals surface area contributed by atoms with Crippen LogP contribution in [0.25, 0.3) is 11.3 Å². The minimum atomic E-state index is 0.741. The first-order chi connectivity index (χ1) is 10.7. The van der Waals surface area contributed by atoms with Gasteiger partial charge in [-0.2, -0.15) is 5.10 Å². The van der Waals surface area contributed by atoms with E-state index >= 15 is 0 Å². The number of benzene rings is 1. The van der Waals surface area contributed by atoms with Crippen LogP contribution in [0.2, 0.25) is 5.02 Å². The maximum Gasteiger partial charge on any atom is 0.0701 e. The van der Waals surface area contributed by atoms with Gasteiger partial charge in [0.2, 0.25) is 0 Å². The van der Waals surface area contributed by atoms with Crippen LogP contribution in [0.3, 0.4) is 0 Å². The van der Waals surface area contributed by atoms with Gasteiger partial charge in [0.25, 0.3) is 0 Å². The molecule has 114 valence electrons. The maximum absolute atomic E-state index is 5.93. The minimum Gasteiger partial charge on any atom is -0.312 e. The zero-order chi connectivity index (χ0) is 15.4. The van der Waals surface area contributed by atoms with Crippen molar-refractivity contribution in [3.8, 4) is 11.3 Å². The largest absolute Gasteiger partial charge is 0.312 e. The van der Waals surface area contributed by atoms with Gasteiger partial charge in [-0.15, -0.1) is 11.3 Å². The molecule has 0 saturated carbocycles. The smallest absolute Gasteiger partial charge is 0.0701 e. The number of rotatable bonds is 6. The molecular weight excluding hydrogens is 382 g/mol. The van der Waals surface area contributed by atoms with Gasteiger partial charge in [-0.05, 0) is 52.2 Å². The predicted molar refractivity (Wildman–Crippen MR) is 96.5 cm³/mol. The lowest BCUT2D eigenvalue weighted by Gasteiger charge is -2.05. The lowest BCUT2D eigenvalue weighted by Crippen LogP contribution is -2.16. The third-order valence-electron chi connectivity index (χ3n) is 3.34. The number of H-pyrrole nitrogens is 1. The Labute approximate surface area is 146 Å². The van der Waals surface area contributed by atoms with Crippen LogP contribution in [0.5, 0.6) is 0 Å². The minimum absolute atomic E-state index is 0.741. The zero-order valence-electron chi connectivity index (χ0n) is 11.8. The lowest BCUT2D eigenvalue weighted by molar-refractivity contribution is 0.692. The molecule has 0 aliphatic carbocycles. The van der Waals surface area contributed by atoms with E-state index in [1.165, 1.54) is 8.66 Å². The molecule has 0 unspecified atom stereocenters. The molecule has 0 atom stereocenters. The molecule has 3 rings (SSSR count). The molecule has 0 aliphatic heterocycles. The van der Waals surface area contributed by atoms with Crippen LogP contribution in [0, 0.1) is 0 Å². The molecule has 0 aliphatic rings. The van der Waals surface area contributed by atoms with Gasteiger partial charge >= 0.3 is 0 Å². The zero-order valence-corrected chi connectivity index (χ0v) is 14.9. The summed E-state index contributed by atoms with van der Waals surface area (Å²) < 4.78 is 1.18. The van der Waals surface area contributed by atoms with E-state index in [2.05, 4.69) is 43.6 Å². The number of nitrogens with zero attached hydrogens (tertiary/aromatic N) is 1. The molecule has 3 aromatic rings. The molecule has 3 nitrogen and oxygen atoms in total. The number of aromatic amines is 1. The van der Waals surface area contributed by atoms with Crippen LogP contribution in [0.1, 0.15) is 10.4 Å². The molecule has 0 fully saturated rings. The summed E-state index contributed by atoms with van der Waals surface area (Å²) in [4.78, 5) is 1.38. The van der Waals surface area contributed by atoms with Crippen LogP contribution >= 0.6 is 38.9 Å². The second-order valence-electron chi connectivity index (χ2n) is 4.91. The van der Waals surface area contributed by atoms with E-state index in [-0.39, 0.29) is 0 Å².